The summed E-state index contributed by atoms with van der Waals surface area (Å²) in [5.74, 6) is -1.18. The zero-order chi connectivity index (χ0) is 12.1. The Balaban J connectivity index is 2.78. The molecule has 88 valence electrons. The van der Waals surface area contributed by atoms with E-state index in [1.165, 1.54) is 6.07 Å². The van der Waals surface area contributed by atoms with E-state index in [-0.39, 0.29) is 6.61 Å². The Kier molecular flexibility index (Phi) is 4.42. The van der Waals surface area contributed by atoms with Crippen LogP contribution in [0.25, 0.3) is 0 Å². The zero-order valence-corrected chi connectivity index (χ0v) is 8.58. The summed E-state index contributed by atoms with van der Waals surface area (Å²) >= 11 is 0. The number of aliphatic hydroxyl groups is 3. The molecule has 0 saturated heterocycles. The molecule has 0 aliphatic carbocycles. The highest BCUT2D eigenvalue weighted by Crippen LogP contribution is 2.20. The summed E-state index contributed by atoms with van der Waals surface area (Å²) in [7, 11) is 0. The maximum atomic E-state index is 10.4. The first kappa shape index (κ1) is 12.6. The van der Waals surface area contributed by atoms with Gasteiger partial charge in [0, 0.05) is 0 Å². The summed E-state index contributed by atoms with van der Waals surface area (Å²) in [5, 5.41) is 36.4. The molecule has 1 rings (SSSR count). The second-order valence-electron chi connectivity index (χ2n) is 3.51. The monoisotopic (exact) mass is 226 g/mol. The van der Waals surface area contributed by atoms with Crippen molar-refractivity contribution in [2.24, 2.45) is 0 Å². The molecular weight excluding hydrogens is 212 g/mol. The molecule has 0 aliphatic heterocycles. The zero-order valence-electron chi connectivity index (χ0n) is 8.58. The van der Waals surface area contributed by atoms with Crippen LogP contribution in [0.5, 0.6) is 0 Å². The standard InChI is InChI=1S/C11H14O5/c12-6-7-2-1-3-8(4-7)11(16)9(13)5-10(14)15/h1-4,9,11-13,16H,5-6H2,(H,14,15). The fraction of sp³-hybridized carbons (Fsp3) is 0.364. The van der Waals surface area contributed by atoms with Crippen molar-refractivity contribution in [3.8, 4) is 0 Å². The summed E-state index contributed by atoms with van der Waals surface area (Å²) in [4.78, 5) is 10.4. The molecule has 0 amide bonds. The summed E-state index contributed by atoms with van der Waals surface area (Å²) < 4.78 is 0. The number of carboxylic acids is 1. The Hall–Kier alpha value is -1.43. The smallest absolute Gasteiger partial charge is 0.306 e. The Bertz CT molecular complexity index is 363. The molecule has 1 aromatic carbocycles. The van der Waals surface area contributed by atoms with E-state index in [1.54, 1.807) is 18.2 Å². The Morgan fingerprint density at radius 1 is 1.31 bits per heavy atom. The lowest BCUT2D eigenvalue weighted by Gasteiger charge is -2.16. The quantitative estimate of drug-likeness (QED) is 0.568. The van der Waals surface area contributed by atoms with Crippen LogP contribution in [0.1, 0.15) is 23.7 Å². The van der Waals surface area contributed by atoms with Gasteiger partial charge >= 0.3 is 5.97 Å². The largest absolute Gasteiger partial charge is 0.481 e. The molecule has 4 N–H and O–H groups in total. The SMILES string of the molecule is O=C(O)CC(O)C(O)c1cccc(CO)c1. The third-order valence-electron chi connectivity index (χ3n) is 2.22. The normalized spacial score (nSPS) is 14.4. The second-order valence-corrected chi connectivity index (χ2v) is 3.51. The van der Waals surface area contributed by atoms with Crippen molar-refractivity contribution in [2.45, 2.75) is 25.2 Å². The van der Waals surface area contributed by atoms with Gasteiger partial charge < -0.3 is 20.4 Å². The van der Waals surface area contributed by atoms with Crippen LogP contribution in [0.15, 0.2) is 24.3 Å². The average Bonchev–Trinajstić information content (AvgIpc) is 2.27. The number of rotatable bonds is 5. The maximum Gasteiger partial charge on any atom is 0.306 e. The summed E-state index contributed by atoms with van der Waals surface area (Å²) in [6.45, 7) is -0.171. The van der Waals surface area contributed by atoms with Gasteiger partial charge in [0.2, 0.25) is 0 Å². The van der Waals surface area contributed by atoms with Crippen LogP contribution in [0.2, 0.25) is 0 Å². The lowest BCUT2D eigenvalue weighted by Crippen LogP contribution is -2.21. The van der Waals surface area contributed by atoms with Crippen LogP contribution in [0, 0.1) is 0 Å². The number of hydrogen-bond donors (Lipinski definition) is 4. The van der Waals surface area contributed by atoms with E-state index < -0.39 is 24.6 Å². The van der Waals surface area contributed by atoms with Crippen LogP contribution in [0.3, 0.4) is 0 Å². The number of carboxylic acid groups (broad SMARTS) is 1. The first-order chi connectivity index (χ1) is 7.54. The molecule has 0 heterocycles. The Morgan fingerprint density at radius 2 is 2.00 bits per heavy atom. The lowest BCUT2D eigenvalue weighted by atomic mass is 10.0. The Morgan fingerprint density at radius 3 is 2.56 bits per heavy atom. The molecule has 0 aliphatic rings. The van der Waals surface area contributed by atoms with Gasteiger partial charge in [-0.25, -0.2) is 0 Å². The van der Waals surface area contributed by atoms with Crippen LogP contribution < -0.4 is 0 Å². The van der Waals surface area contributed by atoms with E-state index in [0.717, 1.165) is 0 Å². The van der Waals surface area contributed by atoms with Crippen molar-refractivity contribution in [1.82, 2.24) is 0 Å². The highest BCUT2D eigenvalue weighted by atomic mass is 16.4. The predicted octanol–water partition coefficient (Wildman–Crippen LogP) is 0.0479. The first-order valence-corrected chi connectivity index (χ1v) is 4.82. The highest BCUT2D eigenvalue weighted by Gasteiger charge is 2.21. The molecule has 2 unspecified atom stereocenters. The van der Waals surface area contributed by atoms with Gasteiger partial charge in [-0.05, 0) is 11.1 Å². The van der Waals surface area contributed by atoms with Gasteiger partial charge in [-0.15, -0.1) is 0 Å². The van der Waals surface area contributed by atoms with Crippen molar-refractivity contribution in [2.75, 3.05) is 0 Å². The molecule has 2 atom stereocenters. The van der Waals surface area contributed by atoms with E-state index in [0.29, 0.717) is 11.1 Å². The number of hydrogen-bond acceptors (Lipinski definition) is 4. The fourth-order valence-electron chi connectivity index (χ4n) is 1.39. The molecule has 5 nitrogen and oxygen atoms in total. The summed E-state index contributed by atoms with van der Waals surface area (Å²) in [6.07, 6.45) is -3.14. The summed E-state index contributed by atoms with van der Waals surface area (Å²) in [5.41, 5.74) is 0.986. The molecule has 0 fully saturated rings. The van der Waals surface area contributed by atoms with Gasteiger partial charge in [-0.1, -0.05) is 24.3 Å². The van der Waals surface area contributed by atoms with Gasteiger partial charge in [-0.2, -0.15) is 0 Å². The summed E-state index contributed by atoms with van der Waals surface area (Å²) in [6, 6.07) is 6.38. The molecule has 0 spiro atoms. The molecule has 0 radical (unpaired) electrons. The lowest BCUT2D eigenvalue weighted by molar-refractivity contribution is -0.141. The number of aliphatic carboxylic acids is 1. The van der Waals surface area contributed by atoms with Crippen molar-refractivity contribution in [1.29, 1.82) is 0 Å². The molecule has 5 heteroatoms. The molecule has 0 bridgehead atoms. The van der Waals surface area contributed by atoms with Crippen molar-refractivity contribution in [3.05, 3.63) is 35.4 Å². The molecule has 0 aromatic heterocycles. The topological polar surface area (TPSA) is 98.0 Å². The maximum absolute atomic E-state index is 10.4. The highest BCUT2D eigenvalue weighted by molar-refractivity contribution is 5.67. The predicted molar refractivity (Wildman–Crippen MR) is 55.6 cm³/mol. The second kappa shape index (κ2) is 5.60. The van der Waals surface area contributed by atoms with Gasteiger partial charge in [0.15, 0.2) is 0 Å². The van der Waals surface area contributed by atoms with Gasteiger partial charge in [0.05, 0.1) is 19.1 Å². The minimum absolute atomic E-state index is 0.171. The van der Waals surface area contributed by atoms with Crippen molar-refractivity contribution in [3.63, 3.8) is 0 Å². The first-order valence-electron chi connectivity index (χ1n) is 4.82. The van der Waals surface area contributed by atoms with E-state index in [9.17, 15) is 15.0 Å². The van der Waals surface area contributed by atoms with Gasteiger partial charge in [0.25, 0.3) is 0 Å². The number of aliphatic hydroxyl groups excluding tert-OH is 3. The van der Waals surface area contributed by atoms with E-state index in [1.807, 2.05) is 0 Å². The molecule has 1 aromatic rings. The van der Waals surface area contributed by atoms with E-state index in [2.05, 4.69) is 0 Å². The van der Waals surface area contributed by atoms with E-state index >= 15 is 0 Å². The van der Waals surface area contributed by atoms with Crippen LogP contribution in [-0.2, 0) is 11.4 Å². The minimum atomic E-state index is -1.36. The van der Waals surface area contributed by atoms with Crippen LogP contribution in [0.4, 0.5) is 0 Å². The van der Waals surface area contributed by atoms with Crippen LogP contribution >= 0.6 is 0 Å². The van der Waals surface area contributed by atoms with Crippen molar-refractivity contribution >= 4 is 5.97 Å². The van der Waals surface area contributed by atoms with Crippen molar-refractivity contribution < 1.29 is 25.2 Å². The van der Waals surface area contributed by atoms with E-state index in [4.69, 9.17) is 10.2 Å². The molecule has 16 heavy (non-hydrogen) atoms. The van der Waals surface area contributed by atoms with Gasteiger partial charge in [0.1, 0.15) is 6.10 Å². The third kappa shape index (κ3) is 3.30. The fourth-order valence-corrected chi connectivity index (χ4v) is 1.39. The number of carbonyl (C=O) groups is 1. The molecule has 0 saturated carbocycles. The third-order valence-corrected chi connectivity index (χ3v) is 2.22. The Labute approximate surface area is 92.6 Å². The number of benzene rings is 1. The average molecular weight is 226 g/mol. The molecular formula is C11H14O5. The minimum Gasteiger partial charge on any atom is -0.481 e. The van der Waals surface area contributed by atoms with Crippen LogP contribution in [-0.4, -0.2) is 32.5 Å². The van der Waals surface area contributed by atoms with Gasteiger partial charge in [-0.3, -0.25) is 4.79 Å².